The van der Waals surface area contributed by atoms with E-state index in [1.54, 1.807) is 0 Å². The van der Waals surface area contributed by atoms with Crippen LogP contribution in [0.1, 0.15) is 13.8 Å². The molecular weight excluding hydrogens is 218 g/mol. The molecule has 0 saturated carbocycles. The summed E-state index contributed by atoms with van der Waals surface area (Å²) in [5.41, 5.74) is 0. The highest BCUT2D eigenvalue weighted by molar-refractivity contribution is 9.09. The number of halogens is 1. The molecule has 1 unspecified atom stereocenters. The minimum absolute atomic E-state index is 0.254. The van der Waals surface area contributed by atoms with Crippen LogP contribution in [-0.2, 0) is 0 Å². The molecule has 0 fully saturated rings. The molecule has 0 bridgehead atoms. The van der Waals surface area contributed by atoms with Crippen molar-refractivity contribution in [3.63, 3.8) is 0 Å². The summed E-state index contributed by atoms with van der Waals surface area (Å²) in [5, 5.41) is 9.75. The fourth-order valence-electron chi connectivity index (χ4n) is 1.10. The van der Waals surface area contributed by atoms with Gasteiger partial charge in [-0.05, 0) is 18.9 Å². The quantitative estimate of drug-likeness (QED) is 0.710. The Labute approximate surface area is 84.1 Å². The van der Waals surface area contributed by atoms with Gasteiger partial charge in [0.2, 0.25) is 0 Å². The Hall–Kier alpha value is 0.400. The van der Waals surface area contributed by atoms with Gasteiger partial charge in [-0.15, -0.1) is 0 Å². The second-order valence-electron chi connectivity index (χ2n) is 3.64. The van der Waals surface area contributed by atoms with Gasteiger partial charge in [-0.1, -0.05) is 29.8 Å². The third-order valence-electron chi connectivity index (χ3n) is 2.17. The number of aliphatic hydroxyl groups is 1. The Morgan fingerprint density at radius 1 is 1.42 bits per heavy atom. The van der Waals surface area contributed by atoms with E-state index in [0.717, 1.165) is 18.4 Å². The molecule has 0 aliphatic rings. The fraction of sp³-hybridized carbons (Fsp3) is 1.00. The van der Waals surface area contributed by atoms with Crippen LogP contribution in [0.15, 0.2) is 0 Å². The second-order valence-corrected chi connectivity index (χ2v) is 4.29. The van der Waals surface area contributed by atoms with Crippen LogP contribution >= 0.6 is 15.9 Å². The van der Waals surface area contributed by atoms with Crippen molar-refractivity contribution in [2.24, 2.45) is 11.8 Å². The third-order valence-corrected chi connectivity index (χ3v) is 3.00. The lowest BCUT2D eigenvalue weighted by Crippen LogP contribution is -2.31. The molecule has 0 aromatic carbocycles. The summed E-state index contributed by atoms with van der Waals surface area (Å²) in [6.45, 7) is 6.56. The molecule has 0 radical (unpaired) electrons. The highest BCUT2D eigenvalue weighted by atomic mass is 79.9. The summed E-state index contributed by atoms with van der Waals surface area (Å²) in [5.74, 6) is 1.38. The first-order valence-electron chi connectivity index (χ1n) is 4.47. The van der Waals surface area contributed by atoms with E-state index in [0.29, 0.717) is 11.8 Å². The van der Waals surface area contributed by atoms with Crippen molar-refractivity contribution in [1.29, 1.82) is 0 Å². The normalized spacial score (nSPS) is 14.2. The van der Waals surface area contributed by atoms with Gasteiger partial charge in [-0.2, -0.15) is 0 Å². The lowest BCUT2D eigenvalue weighted by atomic mass is 9.98. The molecule has 3 heteroatoms. The van der Waals surface area contributed by atoms with Crippen molar-refractivity contribution >= 4 is 15.9 Å². The zero-order valence-corrected chi connectivity index (χ0v) is 9.84. The molecule has 12 heavy (non-hydrogen) atoms. The monoisotopic (exact) mass is 237 g/mol. The Balaban J connectivity index is 3.69. The molecule has 0 aromatic heterocycles. The number of likely N-dealkylation sites (N-methyl/N-ethyl adjacent to an activating group) is 1. The summed E-state index contributed by atoms with van der Waals surface area (Å²) in [6.07, 6.45) is 0. The van der Waals surface area contributed by atoms with Crippen LogP contribution in [0.25, 0.3) is 0 Å². The summed E-state index contributed by atoms with van der Waals surface area (Å²) in [6, 6.07) is 0. The number of nitrogens with zero attached hydrogens (tertiary/aromatic N) is 1. The average Bonchev–Trinajstić information content (AvgIpc) is 2.00. The number of alkyl halides is 1. The van der Waals surface area contributed by atoms with Crippen LogP contribution < -0.4 is 0 Å². The van der Waals surface area contributed by atoms with E-state index in [1.807, 2.05) is 7.05 Å². The summed E-state index contributed by atoms with van der Waals surface area (Å²) >= 11 is 3.51. The van der Waals surface area contributed by atoms with E-state index in [-0.39, 0.29) is 6.61 Å². The number of hydrogen-bond donors (Lipinski definition) is 1. The van der Waals surface area contributed by atoms with Gasteiger partial charge >= 0.3 is 0 Å². The highest BCUT2D eigenvalue weighted by Crippen LogP contribution is 2.14. The topological polar surface area (TPSA) is 23.5 Å². The van der Waals surface area contributed by atoms with Crippen molar-refractivity contribution in [1.82, 2.24) is 4.90 Å². The zero-order valence-electron chi connectivity index (χ0n) is 8.26. The van der Waals surface area contributed by atoms with Gasteiger partial charge in [0.25, 0.3) is 0 Å². The summed E-state index contributed by atoms with van der Waals surface area (Å²) in [7, 11) is 2.05. The first-order valence-corrected chi connectivity index (χ1v) is 5.59. The predicted molar refractivity (Wildman–Crippen MR) is 56.7 cm³/mol. The molecule has 0 heterocycles. The lowest BCUT2D eigenvalue weighted by Gasteiger charge is -2.24. The molecule has 0 aliphatic heterocycles. The van der Waals surface area contributed by atoms with Gasteiger partial charge < -0.3 is 10.0 Å². The Morgan fingerprint density at radius 3 is 2.33 bits per heavy atom. The molecule has 0 rings (SSSR count). The van der Waals surface area contributed by atoms with Crippen molar-refractivity contribution in [2.45, 2.75) is 13.8 Å². The van der Waals surface area contributed by atoms with E-state index in [2.05, 4.69) is 34.7 Å². The molecule has 1 atom stereocenters. The Morgan fingerprint density at radius 2 is 2.00 bits per heavy atom. The molecule has 74 valence electrons. The SMILES string of the molecule is CC(C)C(CBr)CN(C)CCO. The Kier molecular flexibility index (Phi) is 7.10. The molecular formula is C9H20BrNO. The molecule has 1 N–H and O–H groups in total. The fourth-order valence-corrected chi connectivity index (χ4v) is 2.05. The summed E-state index contributed by atoms with van der Waals surface area (Å²) in [4.78, 5) is 2.17. The average molecular weight is 238 g/mol. The predicted octanol–water partition coefficient (Wildman–Crippen LogP) is 1.58. The van der Waals surface area contributed by atoms with Crippen LogP contribution in [0.3, 0.4) is 0 Å². The minimum Gasteiger partial charge on any atom is -0.395 e. The summed E-state index contributed by atoms with van der Waals surface area (Å²) < 4.78 is 0. The van der Waals surface area contributed by atoms with Crippen molar-refractivity contribution in [2.75, 3.05) is 32.1 Å². The molecule has 0 aromatic rings. The Bertz CT molecular complexity index is 109. The molecule has 0 saturated heterocycles. The van der Waals surface area contributed by atoms with E-state index in [4.69, 9.17) is 5.11 Å². The largest absolute Gasteiger partial charge is 0.395 e. The van der Waals surface area contributed by atoms with Gasteiger partial charge in [0.15, 0.2) is 0 Å². The molecule has 0 aliphatic carbocycles. The zero-order chi connectivity index (χ0) is 9.56. The van der Waals surface area contributed by atoms with Crippen LogP contribution in [0, 0.1) is 11.8 Å². The lowest BCUT2D eigenvalue weighted by molar-refractivity contribution is 0.194. The van der Waals surface area contributed by atoms with Crippen molar-refractivity contribution in [3.05, 3.63) is 0 Å². The van der Waals surface area contributed by atoms with E-state index in [1.165, 1.54) is 0 Å². The molecule has 0 spiro atoms. The van der Waals surface area contributed by atoms with Gasteiger partial charge in [0, 0.05) is 18.4 Å². The maximum absolute atomic E-state index is 8.71. The third kappa shape index (κ3) is 5.12. The number of aliphatic hydroxyl groups excluding tert-OH is 1. The van der Waals surface area contributed by atoms with Crippen LogP contribution in [-0.4, -0.2) is 42.1 Å². The first kappa shape index (κ1) is 12.4. The maximum Gasteiger partial charge on any atom is 0.0558 e. The highest BCUT2D eigenvalue weighted by Gasteiger charge is 2.13. The minimum atomic E-state index is 0.254. The van der Waals surface area contributed by atoms with Gasteiger partial charge in [0.1, 0.15) is 0 Å². The van der Waals surface area contributed by atoms with Crippen molar-refractivity contribution < 1.29 is 5.11 Å². The standard InChI is InChI=1S/C9H20BrNO/c1-8(2)9(6-10)7-11(3)4-5-12/h8-9,12H,4-7H2,1-3H3. The molecule has 2 nitrogen and oxygen atoms in total. The van der Waals surface area contributed by atoms with Crippen LogP contribution in [0.4, 0.5) is 0 Å². The second kappa shape index (κ2) is 6.87. The van der Waals surface area contributed by atoms with Crippen LogP contribution in [0.2, 0.25) is 0 Å². The van der Waals surface area contributed by atoms with Gasteiger partial charge in [0.05, 0.1) is 6.61 Å². The first-order chi connectivity index (χ1) is 5.61. The molecule has 0 amide bonds. The van der Waals surface area contributed by atoms with Crippen LogP contribution in [0.5, 0.6) is 0 Å². The number of hydrogen-bond acceptors (Lipinski definition) is 2. The van der Waals surface area contributed by atoms with Gasteiger partial charge in [-0.25, -0.2) is 0 Å². The smallest absolute Gasteiger partial charge is 0.0558 e. The van der Waals surface area contributed by atoms with Crippen molar-refractivity contribution in [3.8, 4) is 0 Å². The van der Waals surface area contributed by atoms with E-state index < -0.39 is 0 Å². The van der Waals surface area contributed by atoms with E-state index >= 15 is 0 Å². The number of rotatable bonds is 6. The maximum atomic E-state index is 8.71. The van der Waals surface area contributed by atoms with Gasteiger partial charge in [-0.3, -0.25) is 0 Å². The van der Waals surface area contributed by atoms with E-state index in [9.17, 15) is 0 Å².